The molecule has 7 nitrogen and oxygen atoms in total. The fraction of sp³-hybridized carbons (Fsp3) is 0.481. The number of imidazole rings is 1. The molecule has 0 bridgehead atoms. The second kappa shape index (κ2) is 10.4. The van der Waals surface area contributed by atoms with Crippen LogP contribution in [0.3, 0.4) is 0 Å². The van der Waals surface area contributed by atoms with Crippen LogP contribution in [-0.4, -0.2) is 54.4 Å². The van der Waals surface area contributed by atoms with Crippen molar-refractivity contribution in [1.29, 1.82) is 0 Å². The van der Waals surface area contributed by atoms with Crippen LogP contribution in [0.2, 0.25) is 0 Å². The minimum Gasteiger partial charge on any atom is -0.493 e. The lowest BCUT2D eigenvalue weighted by Gasteiger charge is -2.26. The SMILES string of the molecule is CCC(CCN(C)C(=O)OC(C)(C)C)c1cc(C)c2nc(-c3ccc(OC)c(OC)c3)[nH]c2c1. The molecule has 0 saturated heterocycles. The van der Waals surface area contributed by atoms with Crippen LogP contribution in [0, 0.1) is 6.92 Å². The maximum Gasteiger partial charge on any atom is 0.410 e. The molecule has 1 heterocycles. The predicted molar refractivity (Wildman–Crippen MR) is 136 cm³/mol. The Bertz CT molecular complexity index is 1150. The van der Waals surface area contributed by atoms with Gasteiger partial charge in [0.15, 0.2) is 11.5 Å². The number of amides is 1. The molecule has 0 spiro atoms. The van der Waals surface area contributed by atoms with Gasteiger partial charge in [0.05, 0.1) is 25.3 Å². The summed E-state index contributed by atoms with van der Waals surface area (Å²) in [6.45, 7) is 10.5. The van der Waals surface area contributed by atoms with Crippen LogP contribution in [0.15, 0.2) is 30.3 Å². The smallest absolute Gasteiger partial charge is 0.410 e. The van der Waals surface area contributed by atoms with Crippen LogP contribution in [0.5, 0.6) is 11.5 Å². The summed E-state index contributed by atoms with van der Waals surface area (Å²) < 4.78 is 16.3. The average molecular weight is 468 g/mol. The molecule has 184 valence electrons. The number of H-pyrrole nitrogens is 1. The number of aryl methyl sites for hydroxylation is 1. The number of hydrogen-bond acceptors (Lipinski definition) is 5. The van der Waals surface area contributed by atoms with Crippen molar-refractivity contribution in [1.82, 2.24) is 14.9 Å². The molecule has 3 rings (SSSR count). The Kier molecular flexibility index (Phi) is 7.75. The van der Waals surface area contributed by atoms with E-state index in [0.29, 0.717) is 24.0 Å². The van der Waals surface area contributed by atoms with E-state index in [9.17, 15) is 4.79 Å². The van der Waals surface area contributed by atoms with Gasteiger partial charge >= 0.3 is 6.09 Å². The zero-order valence-corrected chi connectivity index (χ0v) is 21.6. The molecule has 0 radical (unpaired) electrons. The van der Waals surface area contributed by atoms with Gasteiger partial charge in [-0.25, -0.2) is 9.78 Å². The zero-order chi connectivity index (χ0) is 25.0. The highest BCUT2D eigenvalue weighted by atomic mass is 16.6. The summed E-state index contributed by atoms with van der Waals surface area (Å²) >= 11 is 0. The number of hydrogen-bond donors (Lipinski definition) is 1. The van der Waals surface area contributed by atoms with Crippen LogP contribution < -0.4 is 9.47 Å². The third-order valence-corrected chi connectivity index (χ3v) is 5.94. The number of aromatic amines is 1. The zero-order valence-electron chi connectivity index (χ0n) is 21.6. The maximum absolute atomic E-state index is 12.3. The first-order chi connectivity index (χ1) is 16.1. The molecular weight excluding hydrogens is 430 g/mol. The minimum absolute atomic E-state index is 0.290. The number of benzene rings is 2. The van der Waals surface area contributed by atoms with Crippen molar-refractivity contribution < 1.29 is 19.0 Å². The number of ether oxygens (including phenoxy) is 3. The number of nitrogens with zero attached hydrogens (tertiary/aromatic N) is 2. The number of rotatable bonds is 8. The van der Waals surface area contributed by atoms with Crippen molar-refractivity contribution in [2.45, 2.75) is 59.0 Å². The first-order valence-electron chi connectivity index (χ1n) is 11.7. The summed E-state index contributed by atoms with van der Waals surface area (Å²) in [6.07, 6.45) is 1.54. The molecule has 0 saturated carbocycles. The van der Waals surface area contributed by atoms with Gasteiger partial charge in [-0.05, 0) is 81.8 Å². The van der Waals surface area contributed by atoms with Crippen LogP contribution in [-0.2, 0) is 4.74 Å². The Balaban J connectivity index is 1.83. The molecule has 0 aliphatic rings. The summed E-state index contributed by atoms with van der Waals surface area (Å²) in [5, 5.41) is 0. The number of methoxy groups -OCH3 is 2. The molecular formula is C27H37N3O4. The number of aromatic nitrogens is 2. The molecule has 2 aromatic carbocycles. The molecule has 3 aromatic rings. The van der Waals surface area contributed by atoms with Gasteiger partial charge in [0.25, 0.3) is 0 Å². The molecule has 1 N–H and O–H groups in total. The first-order valence-corrected chi connectivity index (χ1v) is 11.7. The lowest BCUT2D eigenvalue weighted by Crippen LogP contribution is -2.35. The van der Waals surface area contributed by atoms with E-state index in [4.69, 9.17) is 19.2 Å². The Hall–Kier alpha value is -3.22. The topological polar surface area (TPSA) is 76.7 Å². The lowest BCUT2D eigenvalue weighted by molar-refractivity contribution is 0.0294. The highest BCUT2D eigenvalue weighted by molar-refractivity contribution is 5.83. The van der Waals surface area contributed by atoms with E-state index in [2.05, 4.69) is 31.0 Å². The normalized spacial score (nSPS) is 12.5. The molecule has 1 unspecified atom stereocenters. The van der Waals surface area contributed by atoms with E-state index in [1.54, 1.807) is 26.2 Å². The summed E-state index contributed by atoms with van der Waals surface area (Å²) in [5.41, 5.74) is 4.75. The van der Waals surface area contributed by atoms with Crippen molar-refractivity contribution in [3.8, 4) is 22.9 Å². The van der Waals surface area contributed by atoms with Gasteiger partial charge < -0.3 is 24.1 Å². The molecule has 0 aliphatic heterocycles. The molecule has 1 amide bonds. The highest BCUT2D eigenvalue weighted by Crippen LogP contribution is 2.34. The molecule has 0 fully saturated rings. The molecule has 1 aromatic heterocycles. The van der Waals surface area contributed by atoms with Gasteiger partial charge in [0.1, 0.15) is 11.4 Å². The van der Waals surface area contributed by atoms with Crippen molar-refractivity contribution in [2.75, 3.05) is 27.8 Å². The summed E-state index contributed by atoms with van der Waals surface area (Å²) in [7, 11) is 5.04. The van der Waals surface area contributed by atoms with E-state index in [0.717, 1.165) is 40.8 Å². The Labute approximate surface area is 202 Å². The van der Waals surface area contributed by atoms with Gasteiger partial charge in [-0.1, -0.05) is 13.0 Å². The minimum atomic E-state index is -0.496. The summed E-state index contributed by atoms with van der Waals surface area (Å²) in [5.74, 6) is 2.45. The summed E-state index contributed by atoms with van der Waals surface area (Å²) in [6, 6.07) is 10.2. The predicted octanol–water partition coefficient (Wildman–Crippen LogP) is 6.31. The third-order valence-electron chi connectivity index (χ3n) is 5.94. The molecule has 1 atom stereocenters. The number of fused-ring (bicyclic) bond motifs is 1. The summed E-state index contributed by atoms with van der Waals surface area (Å²) in [4.78, 5) is 22.3. The fourth-order valence-corrected chi connectivity index (χ4v) is 4.06. The third kappa shape index (κ3) is 5.82. The van der Waals surface area contributed by atoms with E-state index < -0.39 is 5.60 Å². The quantitative estimate of drug-likeness (QED) is 0.420. The number of carbonyl (C=O) groups is 1. The number of nitrogens with one attached hydrogen (secondary N) is 1. The van der Waals surface area contributed by atoms with Crippen LogP contribution in [0.25, 0.3) is 22.4 Å². The van der Waals surface area contributed by atoms with Crippen molar-refractivity contribution in [2.24, 2.45) is 0 Å². The van der Waals surface area contributed by atoms with E-state index >= 15 is 0 Å². The van der Waals surface area contributed by atoms with Gasteiger partial charge in [-0.2, -0.15) is 0 Å². The Morgan fingerprint density at radius 1 is 1.12 bits per heavy atom. The number of carbonyl (C=O) groups excluding carboxylic acids is 1. The molecule has 34 heavy (non-hydrogen) atoms. The molecule has 7 heteroatoms. The Morgan fingerprint density at radius 2 is 1.82 bits per heavy atom. The fourth-order valence-electron chi connectivity index (χ4n) is 4.06. The van der Waals surface area contributed by atoms with Crippen molar-refractivity contribution >= 4 is 17.1 Å². The second-order valence-electron chi connectivity index (χ2n) is 9.68. The van der Waals surface area contributed by atoms with E-state index in [1.807, 2.05) is 39.0 Å². The van der Waals surface area contributed by atoms with Crippen molar-refractivity contribution in [3.05, 3.63) is 41.5 Å². The second-order valence-corrected chi connectivity index (χ2v) is 9.68. The van der Waals surface area contributed by atoms with Gasteiger partial charge in [-0.15, -0.1) is 0 Å². The molecule has 0 aliphatic carbocycles. The largest absolute Gasteiger partial charge is 0.493 e. The van der Waals surface area contributed by atoms with Gasteiger partial charge in [-0.3, -0.25) is 0 Å². The van der Waals surface area contributed by atoms with Gasteiger partial charge in [0, 0.05) is 19.2 Å². The first kappa shape index (κ1) is 25.4. The van der Waals surface area contributed by atoms with E-state index in [1.165, 1.54) is 5.56 Å². The van der Waals surface area contributed by atoms with Gasteiger partial charge in [0.2, 0.25) is 0 Å². The highest BCUT2D eigenvalue weighted by Gasteiger charge is 2.21. The van der Waals surface area contributed by atoms with Crippen molar-refractivity contribution in [3.63, 3.8) is 0 Å². The standard InChI is InChI=1S/C27H37N3O4/c1-9-18(12-13-30(6)26(31)34-27(3,4)5)20-14-17(2)24-21(15-20)28-25(29-24)19-10-11-22(32-7)23(16-19)33-8/h10-11,14-16,18H,9,12-13H2,1-8H3,(H,28,29). The maximum atomic E-state index is 12.3. The van der Waals surface area contributed by atoms with Crippen LogP contribution >= 0.6 is 0 Å². The average Bonchev–Trinajstić information content (AvgIpc) is 3.22. The van der Waals surface area contributed by atoms with Crippen LogP contribution in [0.1, 0.15) is 57.6 Å². The lowest BCUT2D eigenvalue weighted by atomic mass is 9.91. The monoisotopic (exact) mass is 467 g/mol. The van der Waals surface area contributed by atoms with Crippen LogP contribution in [0.4, 0.5) is 4.79 Å². The van der Waals surface area contributed by atoms with E-state index in [-0.39, 0.29) is 6.09 Å². The Morgan fingerprint density at radius 3 is 2.44 bits per heavy atom.